The highest BCUT2D eigenvalue weighted by Gasteiger charge is 2.26. The molecule has 1 aromatic carbocycles. The van der Waals surface area contributed by atoms with Crippen LogP contribution in [0.5, 0.6) is 11.5 Å². The fourth-order valence-corrected chi connectivity index (χ4v) is 2.06. The summed E-state index contributed by atoms with van der Waals surface area (Å²) in [5, 5.41) is 9.05. The van der Waals surface area contributed by atoms with Crippen LogP contribution in [-0.4, -0.2) is 50.0 Å². The Labute approximate surface area is 102 Å². The van der Waals surface area contributed by atoms with Crippen LogP contribution in [0.25, 0.3) is 0 Å². The van der Waals surface area contributed by atoms with E-state index >= 15 is 0 Å². The number of aliphatic hydroxyl groups excluding tert-OH is 1. The number of hydrogen-bond acceptors (Lipinski definition) is 4. The number of rotatable bonds is 5. The van der Waals surface area contributed by atoms with E-state index in [1.54, 1.807) is 7.11 Å². The van der Waals surface area contributed by atoms with Gasteiger partial charge in [-0.3, -0.25) is 4.90 Å². The minimum atomic E-state index is 0.119. The van der Waals surface area contributed by atoms with Crippen molar-refractivity contribution in [3.05, 3.63) is 23.8 Å². The summed E-state index contributed by atoms with van der Waals surface area (Å²) in [4.78, 5) is 2.20. The van der Waals surface area contributed by atoms with E-state index in [0.29, 0.717) is 6.42 Å². The van der Waals surface area contributed by atoms with Gasteiger partial charge in [0.1, 0.15) is 6.10 Å². The number of likely N-dealkylation sites (tertiary alicyclic amines) is 1. The molecule has 4 nitrogen and oxygen atoms in total. The van der Waals surface area contributed by atoms with E-state index < -0.39 is 0 Å². The van der Waals surface area contributed by atoms with E-state index in [4.69, 9.17) is 14.6 Å². The van der Waals surface area contributed by atoms with Gasteiger partial charge in [0.25, 0.3) is 0 Å². The maximum absolute atomic E-state index is 9.05. The van der Waals surface area contributed by atoms with Gasteiger partial charge in [-0.1, -0.05) is 12.1 Å². The molecule has 0 bridgehead atoms. The molecular weight excluding hydrogens is 218 g/mol. The first-order valence-corrected chi connectivity index (χ1v) is 5.86. The van der Waals surface area contributed by atoms with E-state index in [0.717, 1.165) is 30.2 Å². The minimum absolute atomic E-state index is 0.119. The van der Waals surface area contributed by atoms with Crippen LogP contribution in [0.3, 0.4) is 0 Å². The number of benzene rings is 1. The average molecular weight is 237 g/mol. The topological polar surface area (TPSA) is 41.9 Å². The summed E-state index contributed by atoms with van der Waals surface area (Å²) in [6, 6.07) is 5.78. The van der Waals surface area contributed by atoms with Crippen molar-refractivity contribution in [2.45, 2.75) is 12.5 Å². The zero-order chi connectivity index (χ0) is 12.3. The number of hydrogen-bond donors (Lipinski definition) is 1. The second-order valence-electron chi connectivity index (χ2n) is 4.38. The third-order valence-corrected chi connectivity index (χ3v) is 2.98. The highest BCUT2D eigenvalue weighted by Crippen LogP contribution is 2.33. The second kappa shape index (κ2) is 5.38. The van der Waals surface area contributed by atoms with Crippen molar-refractivity contribution in [2.75, 3.05) is 33.9 Å². The van der Waals surface area contributed by atoms with Crippen molar-refractivity contribution in [3.63, 3.8) is 0 Å². The lowest BCUT2D eigenvalue weighted by atomic mass is 10.1. The van der Waals surface area contributed by atoms with Crippen molar-refractivity contribution >= 4 is 0 Å². The largest absolute Gasteiger partial charge is 0.493 e. The molecule has 1 N–H and O–H groups in total. The monoisotopic (exact) mass is 237 g/mol. The van der Waals surface area contributed by atoms with Gasteiger partial charge in [0.05, 0.1) is 7.11 Å². The summed E-state index contributed by atoms with van der Waals surface area (Å²) >= 11 is 0. The molecule has 0 radical (unpaired) electrons. The first kappa shape index (κ1) is 12.2. The van der Waals surface area contributed by atoms with Crippen LogP contribution in [0.2, 0.25) is 0 Å². The van der Waals surface area contributed by atoms with E-state index in [2.05, 4.69) is 11.9 Å². The fraction of sp³-hybridized carbons (Fsp3) is 0.538. The van der Waals surface area contributed by atoms with Gasteiger partial charge in [-0.05, 0) is 19.5 Å². The number of likely N-dealkylation sites (N-methyl/N-ethyl adjacent to an activating group) is 1. The normalized spacial score (nSPS) is 16.6. The molecular formula is C13H19NO3. The Kier molecular flexibility index (Phi) is 3.86. The molecule has 4 heteroatoms. The highest BCUT2D eigenvalue weighted by molar-refractivity contribution is 5.47. The lowest BCUT2D eigenvalue weighted by Crippen LogP contribution is -2.51. The number of ether oxygens (including phenoxy) is 2. The van der Waals surface area contributed by atoms with Gasteiger partial charge in [0.2, 0.25) is 0 Å². The first-order valence-electron chi connectivity index (χ1n) is 5.86. The minimum Gasteiger partial charge on any atom is -0.493 e. The van der Waals surface area contributed by atoms with Crippen LogP contribution < -0.4 is 9.47 Å². The molecule has 94 valence electrons. The third-order valence-electron chi connectivity index (χ3n) is 2.98. The molecule has 1 fully saturated rings. The Morgan fingerprint density at radius 2 is 2.18 bits per heavy atom. The Morgan fingerprint density at radius 3 is 2.76 bits per heavy atom. The smallest absolute Gasteiger partial charge is 0.164 e. The summed E-state index contributed by atoms with van der Waals surface area (Å²) in [6.07, 6.45) is 0.823. The molecule has 0 aliphatic carbocycles. The number of nitrogens with zero attached hydrogens (tertiary/aromatic N) is 1. The second-order valence-corrected chi connectivity index (χ2v) is 4.38. The van der Waals surface area contributed by atoms with Gasteiger partial charge in [0.15, 0.2) is 11.5 Å². The van der Waals surface area contributed by atoms with Gasteiger partial charge in [-0.25, -0.2) is 0 Å². The molecule has 17 heavy (non-hydrogen) atoms. The molecule has 1 aromatic rings. The summed E-state index contributed by atoms with van der Waals surface area (Å²) in [7, 11) is 3.70. The molecule has 1 heterocycles. The Hall–Kier alpha value is -1.26. The van der Waals surface area contributed by atoms with Crippen LogP contribution in [0.15, 0.2) is 18.2 Å². The van der Waals surface area contributed by atoms with E-state index in [9.17, 15) is 0 Å². The van der Waals surface area contributed by atoms with Crippen molar-refractivity contribution < 1.29 is 14.6 Å². The predicted octanol–water partition coefficient (Wildman–Crippen LogP) is 0.923. The molecule has 1 aliphatic heterocycles. The lowest BCUT2D eigenvalue weighted by Gasteiger charge is -2.36. The maximum atomic E-state index is 9.05. The van der Waals surface area contributed by atoms with Gasteiger partial charge >= 0.3 is 0 Å². The molecule has 1 aliphatic rings. The van der Waals surface area contributed by atoms with Crippen LogP contribution in [0.1, 0.15) is 5.56 Å². The van der Waals surface area contributed by atoms with Crippen molar-refractivity contribution in [1.82, 2.24) is 4.90 Å². The van der Waals surface area contributed by atoms with Crippen LogP contribution >= 0.6 is 0 Å². The summed E-state index contributed by atoms with van der Waals surface area (Å²) in [6.45, 7) is 2.00. The average Bonchev–Trinajstić information content (AvgIpc) is 2.29. The van der Waals surface area contributed by atoms with Gasteiger partial charge < -0.3 is 14.6 Å². The number of para-hydroxylation sites is 1. The summed E-state index contributed by atoms with van der Waals surface area (Å²) in [5.74, 6) is 1.52. The molecule has 0 unspecified atom stereocenters. The standard InChI is InChI=1S/C13H19NO3/c1-14-8-11(9-14)17-13-10(6-7-15)4-3-5-12(13)16-2/h3-5,11,15H,6-9H2,1-2H3. The molecule has 1 saturated heterocycles. The molecule has 0 aromatic heterocycles. The Balaban J connectivity index is 2.16. The molecule has 0 spiro atoms. The predicted molar refractivity (Wildman–Crippen MR) is 65.7 cm³/mol. The van der Waals surface area contributed by atoms with Crippen molar-refractivity contribution in [1.29, 1.82) is 0 Å². The maximum Gasteiger partial charge on any atom is 0.164 e. The molecule has 0 saturated carbocycles. The zero-order valence-corrected chi connectivity index (χ0v) is 10.3. The zero-order valence-electron chi connectivity index (χ0n) is 10.3. The Morgan fingerprint density at radius 1 is 1.41 bits per heavy atom. The van der Waals surface area contributed by atoms with E-state index in [-0.39, 0.29) is 12.7 Å². The fourth-order valence-electron chi connectivity index (χ4n) is 2.06. The van der Waals surface area contributed by atoms with Crippen molar-refractivity contribution in [2.24, 2.45) is 0 Å². The SMILES string of the molecule is COc1cccc(CCO)c1OC1CN(C)C1. The summed E-state index contributed by atoms with van der Waals surface area (Å²) < 4.78 is 11.3. The lowest BCUT2D eigenvalue weighted by molar-refractivity contribution is 0.0361. The van der Waals surface area contributed by atoms with E-state index in [1.807, 2.05) is 18.2 Å². The van der Waals surface area contributed by atoms with Crippen LogP contribution in [-0.2, 0) is 6.42 Å². The van der Waals surface area contributed by atoms with Gasteiger partial charge in [-0.2, -0.15) is 0 Å². The molecule has 0 atom stereocenters. The first-order chi connectivity index (χ1) is 8.24. The number of methoxy groups -OCH3 is 1. The Bertz CT molecular complexity index is 375. The third kappa shape index (κ3) is 2.70. The number of aliphatic hydroxyl groups is 1. The molecule has 0 amide bonds. The van der Waals surface area contributed by atoms with Gasteiger partial charge in [-0.15, -0.1) is 0 Å². The highest BCUT2D eigenvalue weighted by atomic mass is 16.5. The quantitative estimate of drug-likeness (QED) is 0.827. The van der Waals surface area contributed by atoms with Gasteiger partial charge in [0, 0.05) is 25.3 Å². The molecule has 2 rings (SSSR count). The van der Waals surface area contributed by atoms with Crippen LogP contribution in [0.4, 0.5) is 0 Å². The summed E-state index contributed by atoms with van der Waals surface area (Å²) in [5.41, 5.74) is 1.00. The van der Waals surface area contributed by atoms with Crippen molar-refractivity contribution in [3.8, 4) is 11.5 Å². The van der Waals surface area contributed by atoms with E-state index in [1.165, 1.54) is 0 Å². The van der Waals surface area contributed by atoms with Crippen LogP contribution in [0, 0.1) is 0 Å².